The average molecular weight is 302 g/mol. The molecule has 0 spiro atoms. The molecule has 0 fully saturated rings. The van der Waals surface area contributed by atoms with Crippen LogP contribution in [0.15, 0.2) is 11.0 Å². The summed E-state index contributed by atoms with van der Waals surface area (Å²) in [5, 5.41) is 7.55. The highest BCUT2D eigenvalue weighted by molar-refractivity contribution is 6.32. The smallest absolute Gasteiger partial charge is 0.287 e. The van der Waals surface area contributed by atoms with Gasteiger partial charge in [-0.05, 0) is 19.3 Å². The van der Waals surface area contributed by atoms with Gasteiger partial charge in [0.05, 0.1) is 25.0 Å². The van der Waals surface area contributed by atoms with E-state index in [2.05, 4.69) is 31.2 Å². The van der Waals surface area contributed by atoms with Gasteiger partial charge < -0.3 is 10.1 Å². The fourth-order valence-electron chi connectivity index (χ4n) is 2.00. The predicted molar refractivity (Wildman–Crippen MR) is 82.5 cm³/mol. The van der Waals surface area contributed by atoms with Gasteiger partial charge in [0, 0.05) is 13.2 Å². The third kappa shape index (κ3) is 4.80. The molecule has 2 unspecified atom stereocenters. The number of hydrogen-bond donors (Lipinski definition) is 1. The SMILES string of the molecule is CCC(C)CC(C)Nc1cnn(CCOC)c(=O)c1Cl. The van der Waals surface area contributed by atoms with E-state index in [4.69, 9.17) is 16.3 Å². The number of rotatable bonds is 8. The maximum Gasteiger partial charge on any atom is 0.287 e. The summed E-state index contributed by atoms with van der Waals surface area (Å²) >= 11 is 6.12. The normalized spacial score (nSPS) is 14.1. The van der Waals surface area contributed by atoms with E-state index in [0.29, 0.717) is 24.8 Å². The highest BCUT2D eigenvalue weighted by Gasteiger charge is 2.13. The zero-order valence-electron chi connectivity index (χ0n) is 12.6. The van der Waals surface area contributed by atoms with E-state index in [0.717, 1.165) is 12.8 Å². The summed E-state index contributed by atoms with van der Waals surface area (Å²) in [4.78, 5) is 12.0. The fourth-order valence-corrected chi connectivity index (χ4v) is 2.20. The third-order valence-corrected chi connectivity index (χ3v) is 3.71. The molecule has 0 saturated heterocycles. The molecular formula is C14H24ClN3O2. The van der Waals surface area contributed by atoms with E-state index < -0.39 is 0 Å². The Hall–Kier alpha value is -1.07. The fraction of sp³-hybridized carbons (Fsp3) is 0.714. The molecule has 0 aliphatic rings. The molecular weight excluding hydrogens is 278 g/mol. The van der Waals surface area contributed by atoms with Crippen LogP contribution < -0.4 is 10.9 Å². The highest BCUT2D eigenvalue weighted by Crippen LogP contribution is 2.19. The van der Waals surface area contributed by atoms with Crippen LogP contribution in [-0.2, 0) is 11.3 Å². The van der Waals surface area contributed by atoms with Gasteiger partial charge in [-0.2, -0.15) is 5.10 Å². The van der Waals surface area contributed by atoms with E-state index in [-0.39, 0.29) is 16.6 Å². The first-order valence-corrected chi connectivity index (χ1v) is 7.38. The van der Waals surface area contributed by atoms with Crippen molar-refractivity contribution >= 4 is 17.3 Å². The Morgan fingerprint density at radius 3 is 2.80 bits per heavy atom. The quantitative estimate of drug-likeness (QED) is 0.802. The number of hydrogen-bond acceptors (Lipinski definition) is 4. The minimum atomic E-state index is -0.288. The van der Waals surface area contributed by atoms with Crippen LogP contribution in [0.25, 0.3) is 0 Å². The first-order chi connectivity index (χ1) is 9.49. The van der Waals surface area contributed by atoms with Crippen LogP contribution in [0.2, 0.25) is 5.02 Å². The van der Waals surface area contributed by atoms with Gasteiger partial charge in [0.15, 0.2) is 0 Å². The van der Waals surface area contributed by atoms with E-state index >= 15 is 0 Å². The summed E-state index contributed by atoms with van der Waals surface area (Å²) in [5.74, 6) is 0.631. The molecule has 0 aromatic carbocycles. The molecule has 20 heavy (non-hydrogen) atoms. The van der Waals surface area contributed by atoms with Gasteiger partial charge in [-0.3, -0.25) is 4.79 Å². The number of anilines is 1. The third-order valence-electron chi connectivity index (χ3n) is 3.35. The topological polar surface area (TPSA) is 56.1 Å². The first-order valence-electron chi connectivity index (χ1n) is 7.00. The molecule has 0 radical (unpaired) electrons. The Bertz CT molecular complexity index is 476. The lowest BCUT2D eigenvalue weighted by atomic mass is 10.0. The minimum absolute atomic E-state index is 0.187. The van der Waals surface area contributed by atoms with Crippen molar-refractivity contribution in [2.45, 2.75) is 46.2 Å². The molecule has 0 bridgehead atoms. The number of aromatic nitrogens is 2. The number of halogens is 1. The summed E-state index contributed by atoms with van der Waals surface area (Å²) < 4.78 is 6.25. The summed E-state index contributed by atoms with van der Waals surface area (Å²) in [6.07, 6.45) is 3.77. The van der Waals surface area contributed by atoms with Crippen LogP contribution in [0.4, 0.5) is 5.69 Å². The molecule has 6 heteroatoms. The second-order valence-electron chi connectivity index (χ2n) is 5.19. The summed E-state index contributed by atoms with van der Waals surface area (Å²) in [6, 6.07) is 0.249. The van der Waals surface area contributed by atoms with Crippen molar-refractivity contribution in [2.24, 2.45) is 5.92 Å². The standard InChI is InChI=1S/C14H24ClN3O2/c1-5-10(2)8-11(3)17-12-9-16-18(6-7-20-4)14(19)13(12)15/h9-11,17H,5-8H2,1-4H3. The molecule has 0 saturated carbocycles. The molecule has 2 atom stereocenters. The molecule has 1 rings (SSSR count). The van der Waals surface area contributed by atoms with Crippen LogP contribution in [0.1, 0.15) is 33.6 Å². The van der Waals surface area contributed by atoms with Gasteiger partial charge >= 0.3 is 0 Å². The molecule has 5 nitrogen and oxygen atoms in total. The van der Waals surface area contributed by atoms with Crippen LogP contribution >= 0.6 is 11.6 Å². The predicted octanol–water partition coefficient (Wildman–Crippen LogP) is 2.78. The van der Waals surface area contributed by atoms with Gasteiger partial charge in [0.2, 0.25) is 0 Å². The second kappa shape index (κ2) is 8.27. The Balaban J connectivity index is 2.77. The van der Waals surface area contributed by atoms with Crippen molar-refractivity contribution < 1.29 is 4.74 Å². The van der Waals surface area contributed by atoms with E-state index in [1.807, 2.05) is 0 Å². The van der Waals surface area contributed by atoms with Crippen molar-refractivity contribution in [1.29, 1.82) is 0 Å². The van der Waals surface area contributed by atoms with Crippen molar-refractivity contribution in [3.63, 3.8) is 0 Å². The lowest BCUT2D eigenvalue weighted by Gasteiger charge is -2.19. The van der Waals surface area contributed by atoms with E-state index in [1.54, 1.807) is 13.3 Å². The monoisotopic (exact) mass is 301 g/mol. The molecule has 0 amide bonds. The van der Waals surface area contributed by atoms with Gasteiger partial charge in [0.25, 0.3) is 5.56 Å². The van der Waals surface area contributed by atoms with Crippen LogP contribution in [0, 0.1) is 5.92 Å². The summed E-state index contributed by atoms with van der Waals surface area (Å²) in [6.45, 7) is 7.29. The average Bonchev–Trinajstić information content (AvgIpc) is 2.43. The van der Waals surface area contributed by atoms with Gasteiger partial charge in [0.1, 0.15) is 5.02 Å². The number of nitrogens with zero attached hydrogens (tertiary/aromatic N) is 2. The first kappa shape index (κ1) is 17.0. The molecule has 0 aliphatic carbocycles. The lowest BCUT2D eigenvalue weighted by Crippen LogP contribution is -2.27. The highest BCUT2D eigenvalue weighted by atomic mass is 35.5. The van der Waals surface area contributed by atoms with E-state index in [1.165, 1.54) is 4.68 Å². The van der Waals surface area contributed by atoms with E-state index in [9.17, 15) is 4.79 Å². The van der Waals surface area contributed by atoms with Crippen molar-refractivity contribution in [3.05, 3.63) is 21.6 Å². The molecule has 0 aliphatic heterocycles. The maximum atomic E-state index is 12.0. The van der Waals surface area contributed by atoms with Gasteiger partial charge in [-0.15, -0.1) is 0 Å². The summed E-state index contributed by atoms with van der Waals surface area (Å²) in [7, 11) is 1.58. The zero-order valence-corrected chi connectivity index (χ0v) is 13.4. The van der Waals surface area contributed by atoms with Gasteiger partial charge in [-0.25, -0.2) is 4.68 Å². The number of nitrogens with one attached hydrogen (secondary N) is 1. The zero-order chi connectivity index (χ0) is 15.1. The Morgan fingerprint density at radius 1 is 1.50 bits per heavy atom. The van der Waals surface area contributed by atoms with Crippen LogP contribution in [0.5, 0.6) is 0 Å². The molecule has 1 heterocycles. The van der Waals surface area contributed by atoms with Crippen molar-refractivity contribution in [1.82, 2.24) is 9.78 Å². The molecule has 1 aromatic heterocycles. The maximum absolute atomic E-state index is 12.0. The summed E-state index contributed by atoms with van der Waals surface area (Å²) in [5.41, 5.74) is 0.311. The van der Waals surface area contributed by atoms with Crippen LogP contribution in [-0.4, -0.2) is 29.5 Å². The second-order valence-corrected chi connectivity index (χ2v) is 5.57. The largest absolute Gasteiger partial charge is 0.383 e. The molecule has 114 valence electrons. The Labute approximate surface area is 125 Å². The number of ether oxygens (including phenoxy) is 1. The number of methoxy groups -OCH3 is 1. The van der Waals surface area contributed by atoms with Crippen LogP contribution in [0.3, 0.4) is 0 Å². The van der Waals surface area contributed by atoms with Crippen molar-refractivity contribution in [3.8, 4) is 0 Å². The Morgan fingerprint density at radius 2 is 2.20 bits per heavy atom. The lowest BCUT2D eigenvalue weighted by molar-refractivity contribution is 0.182. The minimum Gasteiger partial charge on any atom is -0.383 e. The van der Waals surface area contributed by atoms with Crippen molar-refractivity contribution in [2.75, 3.05) is 19.0 Å². The molecule has 1 aromatic rings. The van der Waals surface area contributed by atoms with Gasteiger partial charge in [-0.1, -0.05) is 31.9 Å². The Kier molecular flexibility index (Phi) is 7.02. The molecule has 1 N–H and O–H groups in total.